The Morgan fingerprint density at radius 2 is 1.84 bits per heavy atom. The third-order valence-corrected chi connectivity index (χ3v) is 5.78. The third kappa shape index (κ3) is 6.69. The van der Waals surface area contributed by atoms with E-state index in [2.05, 4.69) is 20.4 Å². The van der Waals surface area contributed by atoms with E-state index in [0.717, 1.165) is 37.5 Å². The number of para-hydroxylation sites is 1. The number of amides is 2. The van der Waals surface area contributed by atoms with Gasteiger partial charge >= 0.3 is 0 Å². The first-order valence-electron chi connectivity index (χ1n) is 10.4. The molecule has 0 spiro atoms. The fourth-order valence-corrected chi connectivity index (χ4v) is 3.73. The smallest absolute Gasteiger partial charge is 0.238 e. The highest BCUT2D eigenvalue weighted by Crippen LogP contribution is 2.20. The number of benzene rings is 2. The number of rotatable bonds is 8. The highest BCUT2D eigenvalue weighted by atomic mass is 35.5. The van der Waals surface area contributed by atoms with Crippen molar-refractivity contribution >= 4 is 29.1 Å². The van der Waals surface area contributed by atoms with Crippen molar-refractivity contribution in [3.05, 3.63) is 59.1 Å². The SMILES string of the molecule is COc1cccc(CNC(=O)C(C)N2CCN(CC(=O)Nc3ccccc3Cl)CC2)c1. The van der Waals surface area contributed by atoms with Crippen LogP contribution in [0.4, 0.5) is 5.69 Å². The van der Waals surface area contributed by atoms with Gasteiger partial charge in [-0.1, -0.05) is 35.9 Å². The molecule has 2 aromatic carbocycles. The van der Waals surface area contributed by atoms with Gasteiger partial charge in [0, 0.05) is 32.7 Å². The molecule has 2 N–H and O–H groups in total. The molecule has 1 saturated heterocycles. The van der Waals surface area contributed by atoms with E-state index in [1.54, 1.807) is 19.2 Å². The van der Waals surface area contributed by atoms with Crippen molar-refractivity contribution in [2.45, 2.75) is 19.5 Å². The maximum Gasteiger partial charge on any atom is 0.238 e. The van der Waals surface area contributed by atoms with Crippen LogP contribution >= 0.6 is 11.6 Å². The first-order valence-corrected chi connectivity index (χ1v) is 10.8. The van der Waals surface area contributed by atoms with Crippen molar-refractivity contribution in [2.75, 3.05) is 45.2 Å². The maximum absolute atomic E-state index is 12.6. The molecule has 7 nitrogen and oxygen atoms in total. The molecule has 3 rings (SSSR count). The number of halogens is 1. The lowest BCUT2D eigenvalue weighted by molar-refractivity contribution is -0.127. The zero-order chi connectivity index (χ0) is 22.2. The first-order chi connectivity index (χ1) is 15.0. The molecule has 0 saturated carbocycles. The molecule has 1 fully saturated rings. The Bertz CT molecular complexity index is 900. The van der Waals surface area contributed by atoms with E-state index < -0.39 is 0 Å². The number of ether oxygens (including phenoxy) is 1. The number of methoxy groups -OCH3 is 1. The molecule has 0 aromatic heterocycles. The van der Waals surface area contributed by atoms with E-state index >= 15 is 0 Å². The van der Waals surface area contributed by atoms with Crippen LogP contribution < -0.4 is 15.4 Å². The minimum absolute atomic E-state index is 0.00673. The Morgan fingerprint density at radius 1 is 1.10 bits per heavy atom. The van der Waals surface area contributed by atoms with E-state index in [1.165, 1.54) is 0 Å². The number of carbonyl (C=O) groups is 2. The van der Waals surface area contributed by atoms with Gasteiger partial charge in [0.25, 0.3) is 0 Å². The van der Waals surface area contributed by atoms with Crippen LogP contribution in [0.1, 0.15) is 12.5 Å². The Kier molecular flexibility index (Phi) is 8.28. The lowest BCUT2D eigenvalue weighted by Gasteiger charge is -2.37. The Hall–Kier alpha value is -2.61. The van der Waals surface area contributed by atoms with Crippen LogP contribution in [0.2, 0.25) is 5.02 Å². The molecular formula is C23H29ClN4O3. The second kappa shape index (κ2) is 11.1. The lowest BCUT2D eigenvalue weighted by atomic mass is 10.2. The molecule has 1 atom stereocenters. The highest BCUT2D eigenvalue weighted by molar-refractivity contribution is 6.33. The summed E-state index contributed by atoms with van der Waals surface area (Å²) >= 11 is 6.10. The molecular weight excluding hydrogens is 416 g/mol. The van der Waals surface area contributed by atoms with Crippen LogP contribution in [0.5, 0.6) is 5.75 Å². The number of nitrogens with zero attached hydrogens (tertiary/aromatic N) is 2. The normalized spacial score (nSPS) is 15.8. The predicted molar refractivity (Wildman–Crippen MR) is 122 cm³/mol. The van der Waals surface area contributed by atoms with Crippen molar-refractivity contribution in [2.24, 2.45) is 0 Å². The van der Waals surface area contributed by atoms with Gasteiger partial charge in [0.15, 0.2) is 0 Å². The van der Waals surface area contributed by atoms with Gasteiger partial charge in [-0.2, -0.15) is 0 Å². The summed E-state index contributed by atoms with van der Waals surface area (Å²) in [5, 5.41) is 6.37. The van der Waals surface area contributed by atoms with Gasteiger partial charge in [-0.15, -0.1) is 0 Å². The van der Waals surface area contributed by atoms with Crippen molar-refractivity contribution in [3.63, 3.8) is 0 Å². The number of nitrogens with one attached hydrogen (secondary N) is 2. The summed E-state index contributed by atoms with van der Waals surface area (Å²) < 4.78 is 5.22. The van der Waals surface area contributed by atoms with Gasteiger partial charge in [0.1, 0.15) is 5.75 Å². The van der Waals surface area contributed by atoms with Gasteiger partial charge in [-0.05, 0) is 36.8 Å². The Morgan fingerprint density at radius 3 is 2.55 bits per heavy atom. The fourth-order valence-electron chi connectivity index (χ4n) is 3.55. The number of hydrogen-bond acceptors (Lipinski definition) is 5. The molecule has 8 heteroatoms. The molecule has 0 radical (unpaired) electrons. The minimum atomic E-state index is -0.232. The molecule has 2 amide bonds. The first kappa shape index (κ1) is 23.1. The highest BCUT2D eigenvalue weighted by Gasteiger charge is 2.26. The quantitative estimate of drug-likeness (QED) is 0.654. The third-order valence-electron chi connectivity index (χ3n) is 5.45. The van der Waals surface area contributed by atoms with E-state index in [0.29, 0.717) is 23.8 Å². The fraction of sp³-hybridized carbons (Fsp3) is 0.391. The van der Waals surface area contributed by atoms with Gasteiger partial charge in [-0.3, -0.25) is 19.4 Å². The van der Waals surface area contributed by atoms with Crippen molar-refractivity contribution in [3.8, 4) is 5.75 Å². The standard InChI is InChI=1S/C23H29ClN4O3/c1-17(23(30)25-15-18-6-5-7-19(14-18)31-2)28-12-10-27(11-13-28)16-22(29)26-21-9-4-3-8-20(21)24/h3-9,14,17H,10-13,15-16H2,1-2H3,(H,25,30)(H,26,29). The number of carbonyl (C=O) groups excluding carboxylic acids is 2. The van der Waals surface area contributed by atoms with Gasteiger partial charge in [-0.25, -0.2) is 0 Å². The summed E-state index contributed by atoms with van der Waals surface area (Å²) in [7, 11) is 1.62. The van der Waals surface area contributed by atoms with Crippen LogP contribution in [0.25, 0.3) is 0 Å². The molecule has 166 valence electrons. The summed E-state index contributed by atoms with van der Waals surface area (Å²) in [5.74, 6) is 0.674. The van der Waals surface area contributed by atoms with Crippen LogP contribution in [0.3, 0.4) is 0 Å². The molecule has 1 aliphatic rings. The number of anilines is 1. The molecule has 1 aliphatic heterocycles. The zero-order valence-corrected chi connectivity index (χ0v) is 18.7. The van der Waals surface area contributed by atoms with Crippen molar-refractivity contribution in [1.29, 1.82) is 0 Å². The summed E-state index contributed by atoms with van der Waals surface area (Å²) in [6.45, 7) is 5.59. The molecule has 0 bridgehead atoms. The van der Waals surface area contributed by atoms with Crippen molar-refractivity contribution in [1.82, 2.24) is 15.1 Å². The average Bonchev–Trinajstić information content (AvgIpc) is 2.79. The summed E-state index contributed by atoms with van der Waals surface area (Å²) in [6.07, 6.45) is 0. The van der Waals surface area contributed by atoms with Gasteiger partial charge in [0.05, 0.1) is 30.4 Å². The maximum atomic E-state index is 12.6. The Labute approximate surface area is 188 Å². The van der Waals surface area contributed by atoms with Crippen LogP contribution in [0.15, 0.2) is 48.5 Å². The minimum Gasteiger partial charge on any atom is -0.497 e. The number of hydrogen-bond donors (Lipinski definition) is 2. The summed E-state index contributed by atoms with van der Waals surface area (Å²) in [4.78, 5) is 29.1. The second-order valence-electron chi connectivity index (χ2n) is 7.59. The molecule has 1 unspecified atom stereocenters. The zero-order valence-electron chi connectivity index (χ0n) is 17.9. The topological polar surface area (TPSA) is 73.9 Å². The molecule has 31 heavy (non-hydrogen) atoms. The second-order valence-corrected chi connectivity index (χ2v) is 7.99. The van der Waals surface area contributed by atoms with E-state index in [-0.39, 0.29) is 17.9 Å². The molecule has 1 heterocycles. The predicted octanol–water partition coefficient (Wildman–Crippen LogP) is 2.61. The average molecular weight is 445 g/mol. The van der Waals surface area contributed by atoms with E-state index in [9.17, 15) is 9.59 Å². The van der Waals surface area contributed by atoms with Gasteiger partial charge in [0.2, 0.25) is 11.8 Å². The summed E-state index contributed by atoms with van der Waals surface area (Å²) in [6, 6.07) is 14.6. The Balaban J connectivity index is 1.41. The lowest BCUT2D eigenvalue weighted by Crippen LogP contribution is -2.54. The summed E-state index contributed by atoms with van der Waals surface area (Å²) in [5.41, 5.74) is 1.61. The monoisotopic (exact) mass is 444 g/mol. The van der Waals surface area contributed by atoms with E-state index in [1.807, 2.05) is 43.3 Å². The molecule has 0 aliphatic carbocycles. The van der Waals surface area contributed by atoms with Crippen molar-refractivity contribution < 1.29 is 14.3 Å². The van der Waals surface area contributed by atoms with Crippen LogP contribution in [-0.4, -0.2) is 67.5 Å². The van der Waals surface area contributed by atoms with Gasteiger partial charge < -0.3 is 15.4 Å². The van der Waals surface area contributed by atoms with E-state index in [4.69, 9.17) is 16.3 Å². The largest absolute Gasteiger partial charge is 0.497 e. The van der Waals surface area contributed by atoms with Crippen LogP contribution in [0, 0.1) is 0 Å². The van der Waals surface area contributed by atoms with Crippen LogP contribution in [-0.2, 0) is 16.1 Å². The number of piperazine rings is 1. The molecule has 2 aromatic rings.